The van der Waals surface area contributed by atoms with Gasteiger partial charge in [-0.15, -0.1) is 0 Å². The minimum absolute atomic E-state index is 0.110. The zero-order chi connectivity index (χ0) is 17.8. The highest BCUT2D eigenvalue weighted by Gasteiger charge is 2.09. The van der Waals surface area contributed by atoms with Crippen LogP contribution in [-0.2, 0) is 0 Å². The highest BCUT2D eigenvalue weighted by molar-refractivity contribution is 5.42. The van der Waals surface area contributed by atoms with Gasteiger partial charge in [-0.3, -0.25) is 0 Å². The fraction of sp³-hybridized carbons (Fsp3) is 0.316. The lowest BCUT2D eigenvalue weighted by Crippen LogP contribution is -2.09. The monoisotopic (exact) mass is 337 g/mol. The van der Waals surface area contributed by atoms with E-state index in [0.717, 1.165) is 22.9 Å². The van der Waals surface area contributed by atoms with Crippen molar-refractivity contribution in [2.75, 3.05) is 11.9 Å². The van der Waals surface area contributed by atoms with Gasteiger partial charge in [0.05, 0.1) is 18.0 Å². The maximum Gasteiger partial charge on any atom is 0.218 e. The molecule has 6 nitrogen and oxygen atoms in total. The van der Waals surface area contributed by atoms with Gasteiger partial charge in [-0.25, -0.2) is 14.6 Å². The third kappa shape index (κ3) is 3.96. The molecule has 6 heteroatoms. The Hall–Kier alpha value is -2.89. The fourth-order valence-electron chi connectivity index (χ4n) is 2.74. The Kier molecular flexibility index (Phi) is 4.97. The van der Waals surface area contributed by atoms with Gasteiger partial charge in [0.1, 0.15) is 12.1 Å². The summed E-state index contributed by atoms with van der Waals surface area (Å²) in [5.41, 5.74) is 4.37. The number of nitrogens with one attached hydrogen (secondary N) is 1. The molecule has 0 radical (unpaired) electrons. The molecule has 0 bridgehead atoms. The SMILES string of the molecule is CCOc1cc(NC(C)c2ccc(-n3nc(C)cc3C)cc2)ncn1. The van der Waals surface area contributed by atoms with Gasteiger partial charge in [-0.1, -0.05) is 12.1 Å². The first-order valence-corrected chi connectivity index (χ1v) is 8.42. The van der Waals surface area contributed by atoms with Crippen LogP contribution in [-0.4, -0.2) is 26.4 Å². The van der Waals surface area contributed by atoms with E-state index >= 15 is 0 Å². The summed E-state index contributed by atoms with van der Waals surface area (Å²) in [6.45, 7) is 8.67. The number of hydrogen-bond acceptors (Lipinski definition) is 5. The fourth-order valence-corrected chi connectivity index (χ4v) is 2.74. The molecule has 2 heterocycles. The number of nitrogens with zero attached hydrogens (tertiary/aromatic N) is 4. The Morgan fingerprint density at radius 2 is 1.88 bits per heavy atom. The predicted molar refractivity (Wildman–Crippen MR) is 98.3 cm³/mol. The van der Waals surface area contributed by atoms with Gasteiger partial charge in [0.15, 0.2) is 0 Å². The van der Waals surface area contributed by atoms with Crippen LogP contribution in [0.1, 0.15) is 36.8 Å². The van der Waals surface area contributed by atoms with Crippen LogP contribution in [0.5, 0.6) is 5.88 Å². The summed E-state index contributed by atoms with van der Waals surface area (Å²) in [6.07, 6.45) is 1.51. The van der Waals surface area contributed by atoms with Crippen molar-refractivity contribution < 1.29 is 4.74 Å². The lowest BCUT2D eigenvalue weighted by molar-refractivity contribution is 0.326. The third-order valence-electron chi connectivity index (χ3n) is 3.95. The molecular weight excluding hydrogens is 314 g/mol. The van der Waals surface area contributed by atoms with Crippen LogP contribution in [0.2, 0.25) is 0 Å². The molecule has 0 aliphatic carbocycles. The molecule has 130 valence electrons. The highest BCUT2D eigenvalue weighted by Crippen LogP contribution is 2.21. The van der Waals surface area contributed by atoms with Crippen LogP contribution in [0, 0.1) is 13.8 Å². The number of benzene rings is 1. The second kappa shape index (κ2) is 7.34. The van der Waals surface area contributed by atoms with Crippen molar-refractivity contribution in [3.8, 4) is 11.6 Å². The summed E-state index contributed by atoms with van der Waals surface area (Å²) >= 11 is 0. The lowest BCUT2D eigenvalue weighted by Gasteiger charge is -2.16. The van der Waals surface area contributed by atoms with E-state index in [4.69, 9.17) is 4.74 Å². The van der Waals surface area contributed by atoms with Crippen LogP contribution in [0.3, 0.4) is 0 Å². The van der Waals surface area contributed by atoms with E-state index in [0.29, 0.717) is 12.5 Å². The number of aryl methyl sites for hydroxylation is 2. The summed E-state index contributed by atoms with van der Waals surface area (Å²) in [5, 5.41) is 7.90. The largest absolute Gasteiger partial charge is 0.478 e. The molecule has 1 N–H and O–H groups in total. The van der Waals surface area contributed by atoms with Crippen LogP contribution in [0.25, 0.3) is 5.69 Å². The molecule has 0 saturated carbocycles. The van der Waals surface area contributed by atoms with Crippen LogP contribution in [0.15, 0.2) is 42.7 Å². The minimum atomic E-state index is 0.110. The predicted octanol–water partition coefficient (Wildman–Crippen LogP) is 3.85. The van der Waals surface area contributed by atoms with Gasteiger partial charge in [-0.05, 0) is 51.5 Å². The second-order valence-corrected chi connectivity index (χ2v) is 5.97. The summed E-state index contributed by atoms with van der Waals surface area (Å²) in [5.74, 6) is 1.32. The molecule has 25 heavy (non-hydrogen) atoms. The molecule has 1 atom stereocenters. The second-order valence-electron chi connectivity index (χ2n) is 5.97. The molecule has 3 rings (SSSR count). The molecular formula is C19H23N5O. The quantitative estimate of drug-likeness (QED) is 0.740. The molecule has 3 aromatic rings. The van der Waals surface area contributed by atoms with E-state index in [2.05, 4.69) is 64.6 Å². The summed E-state index contributed by atoms with van der Waals surface area (Å²) in [6, 6.07) is 12.4. The zero-order valence-corrected chi connectivity index (χ0v) is 15.0. The minimum Gasteiger partial charge on any atom is -0.478 e. The maximum atomic E-state index is 5.41. The summed E-state index contributed by atoms with van der Waals surface area (Å²) in [7, 11) is 0. The number of ether oxygens (including phenoxy) is 1. The standard InChI is InChI=1S/C19H23N5O/c1-5-25-19-11-18(20-12-21-19)22-15(4)16-6-8-17(9-7-16)24-14(3)10-13(2)23-24/h6-12,15H,5H2,1-4H3,(H,20,21,22). The van der Waals surface area contributed by atoms with E-state index in [1.165, 1.54) is 11.9 Å². The average molecular weight is 337 g/mol. The first-order valence-electron chi connectivity index (χ1n) is 8.42. The van der Waals surface area contributed by atoms with E-state index in [1.807, 2.05) is 24.6 Å². The van der Waals surface area contributed by atoms with Crippen molar-refractivity contribution in [3.63, 3.8) is 0 Å². The number of aromatic nitrogens is 4. The smallest absolute Gasteiger partial charge is 0.218 e. The van der Waals surface area contributed by atoms with Gasteiger partial charge in [-0.2, -0.15) is 5.10 Å². The van der Waals surface area contributed by atoms with Crippen LogP contribution >= 0.6 is 0 Å². The van der Waals surface area contributed by atoms with E-state index in [9.17, 15) is 0 Å². The van der Waals surface area contributed by atoms with Crippen molar-refractivity contribution in [2.45, 2.75) is 33.7 Å². The molecule has 0 aliphatic rings. The number of anilines is 1. The van der Waals surface area contributed by atoms with Gasteiger partial charge < -0.3 is 10.1 Å². The first kappa shape index (κ1) is 17.0. The molecule has 0 fully saturated rings. The Labute approximate surface area is 147 Å². The van der Waals surface area contributed by atoms with Crippen LogP contribution in [0.4, 0.5) is 5.82 Å². The number of rotatable bonds is 6. The van der Waals surface area contributed by atoms with Crippen molar-refractivity contribution in [2.24, 2.45) is 0 Å². The van der Waals surface area contributed by atoms with Crippen LogP contribution < -0.4 is 10.1 Å². The van der Waals surface area contributed by atoms with Crippen molar-refractivity contribution in [1.82, 2.24) is 19.7 Å². The Balaban J connectivity index is 1.73. The van der Waals surface area contributed by atoms with Crippen molar-refractivity contribution in [1.29, 1.82) is 0 Å². The Bertz CT molecular complexity index is 841. The molecule has 1 unspecified atom stereocenters. The molecule has 1 aromatic carbocycles. The maximum absolute atomic E-state index is 5.41. The molecule has 2 aromatic heterocycles. The molecule has 0 aliphatic heterocycles. The van der Waals surface area contributed by atoms with E-state index in [1.54, 1.807) is 0 Å². The highest BCUT2D eigenvalue weighted by atomic mass is 16.5. The molecule has 0 amide bonds. The molecule has 0 spiro atoms. The molecule has 0 saturated heterocycles. The van der Waals surface area contributed by atoms with Gasteiger partial charge in [0, 0.05) is 17.8 Å². The van der Waals surface area contributed by atoms with E-state index < -0.39 is 0 Å². The summed E-state index contributed by atoms with van der Waals surface area (Å²) in [4.78, 5) is 8.33. The third-order valence-corrected chi connectivity index (χ3v) is 3.95. The van der Waals surface area contributed by atoms with Crippen molar-refractivity contribution >= 4 is 5.82 Å². The van der Waals surface area contributed by atoms with Crippen molar-refractivity contribution in [3.05, 3.63) is 59.7 Å². The van der Waals surface area contributed by atoms with E-state index in [-0.39, 0.29) is 6.04 Å². The van der Waals surface area contributed by atoms with Gasteiger partial charge in [0.25, 0.3) is 0 Å². The topological polar surface area (TPSA) is 64.9 Å². The Morgan fingerprint density at radius 3 is 2.52 bits per heavy atom. The normalized spacial score (nSPS) is 12.0. The Morgan fingerprint density at radius 1 is 1.12 bits per heavy atom. The summed E-state index contributed by atoms with van der Waals surface area (Å²) < 4.78 is 7.37. The first-order chi connectivity index (χ1) is 12.1. The zero-order valence-electron chi connectivity index (χ0n) is 15.0. The number of hydrogen-bond donors (Lipinski definition) is 1. The van der Waals surface area contributed by atoms with Gasteiger partial charge >= 0.3 is 0 Å². The average Bonchev–Trinajstić information content (AvgIpc) is 2.94. The lowest BCUT2D eigenvalue weighted by atomic mass is 10.1. The van der Waals surface area contributed by atoms with Gasteiger partial charge in [0.2, 0.25) is 5.88 Å².